The molecule has 28 heavy (non-hydrogen) atoms. The number of amides is 1. The predicted molar refractivity (Wildman–Crippen MR) is 115 cm³/mol. The molecule has 1 amide bonds. The van der Waals surface area contributed by atoms with Gasteiger partial charge in [0.2, 0.25) is 5.91 Å². The van der Waals surface area contributed by atoms with Crippen LogP contribution in [0.2, 0.25) is 0 Å². The van der Waals surface area contributed by atoms with E-state index in [9.17, 15) is 4.79 Å². The van der Waals surface area contributed by atoms with Crippen LogP contribution in [0.25, 0.3) is 0 Å². The van der Waals surface area contributed by atoms with Gasteiger partial charge in [-0.25, -0.2) is 0 Å². The zero-order valence-electron chi connectivity index (χ0n) is 17.3. The second kappa shape index (κ2) is 7.70. The van der Waals surface area contributed by atoms with Gasteiger partial charge in [-0.3, -0.25) is 9.69 Å². The standard InChI is InChI=1S/C24H35N3O/c1-17-3-2-13-27(17)23-12-14-26(16-23)22-10-8-21(9-11-22)25-24(28)20-7-5-18-4-6-19(18)15-20/h8-11,17-20,23H,2-7,12-16H2,1H3,(H,25,28)/t17?,18?,19-,20?,23?/m0/s1. The number of hydrogen-bond acceptors (Lipinski definition) is 3. The Hall–Kier alpha value is -1.55. The first kappa shape index (κ1) is 18.5. The highest BCUT2D eigenvalue weighted by Crippen LogP contribution is 2.47. The fourth-order valence-electron chi connectivity index (χ4n) is 6.21. The largest absolute Gasteiger partial charge is 0.370 e. The van der Waals surface area contributed by atoms with E-state index in [-0.39, 0.29) is 11.8 Å². The van der Waals surface area contributed by atoms with Crippen molar-refractivity contribution in [1.29, 1.82) is 0 Å². The fraction of sp³-hybridized carbons (Fsp3) is 0.708. The number of nitrogens with zero attached hydrogens (tertiary/aromatic N) is 2. The average Bonchev–Trinajstić information content (AvgIpc) is 3.32. The van der Waals surface area contributed by atoms with Crippen molar-refractivity contribution in [3.05, 3.63) is 24.3 Å². The van der Waals surface area contributed by atoms with Crippen molar-refractivity contribution < 1.29 is 4.79 Å². The number of carbonyl (C=O) groups excluding carboxylic acids is 1. The van der Waals surface area contributed by atoms with Gasteiger partial charge in [-0.15, -0.1) is 0 Å². The quantitative estimate of drug-likeness (QED) is 0.833. The highest BCUT2D eigenvalue weighted by Gasteiger charge is 2.39. The lowest BCUT2D eigenvalue weighted by Gasteiger charge is -2.43. The first-order valence-corrected chi connectivity index (χ1v) is 11.6. The summed E-state index contributed by atoms with van der Waals surface area (Å²) >= 11 is 0. The Balaban J connectivity index is 1.15. The highest BCUT2D eigenvalue weighted by molar-refractivity contribution is 5.92. The van der Waals surface area contributed by atoms with Gasteiger partial charge in [0.1, 0.15) is 0 Å². The Bertz CT molecular complexity index is 702. The lowest BCUT2D eigenvalue weighted by Crippen LogP contribution is -2.39. The van der Waals surface area contributed by atoms with Gasteiger partial charge in [0.25, 0.3) is 0 Å². The van der Waals surface area contributed by atoms with Crippen LogP contribution in [0.5, 0.6) is 0 Å². The van der Waals surface area contributed by atoms with E-state index >= 15 is 0 Å². The van der Waals surface area contributed by atoms with Crippen LogP contribution in [0.15, 0.2) is 24.3 Å². The van der Waals surface area contributed by atoms with Gasteiger partial charge in [0.05, 0.1) is 0 Å². The highest BCUT2D eigenvalue weighted by atomic mass is 16.1. The van der Waals surface area contributed by atoms with Crippen LogP contribution in [-0.2, 0) is 4.79 Å². The number of benzene rings is 1. The molecule has 2 aliphatic carbocycles. The normalized spacial score (nSPS) is 35.5. The molecule has 0 spiro atoms. The number of likely N-dealkylation sites (tertiary alicyclic amines) is 1. The van der Waals surface area contributed by atoms with Gasteiger partial charge in [-0.05, 0) is 101 Å². The summed E-state index contributed by atoms with van der Waals surface area (Å²) in [5, 5.41) is 3.18. The molecule has 5 rings (SSSR count). The van der Waals surface area contributed by atoms with Crippen LogP contribution in [0.1, 0.15) is 58.3 Å². The number of fused-ring (bicyclic) bond motifs is 1. The molecule has 4 heteroatoms. The second-order valence-corrected chi connectivity index (χ2v) is 9.76. The number of hydrogen-bond donors (Lipinski definition) is 1. The molecule has 2 heterocycles. The van der Waals surface area contributed by atoms with Crippen molar-refractivity contribution in [2.24, 2.45) is 17.8 Å². The van der Waals surface area contributed by atoms with Gasteiger partial charge in [-0.1, -0.05) is 0 Å². The molecule has 152 valence electrons. The van der Waals surface area contributed by atoms with Crippen LogP contribution >= 0.6 is 0 Å². The van der Waals surface area contributed by atoms with E-state index in [1.54, 1.807) is 0 Å². The molecule has 5 atom stereocenters. The van der Waals surface area contributed by atoms with E-state index in [1.807, 2.05) is 0 Å². The first-order valence-electron chi connectivity index (χ1n) is 11.6. The Kier molecular flexibility index (Phi) is 5.08. The summed E-state index contributed by atoms with van der Waals surface area (Å²) in [5.41, 5.74) is 2.25. The zero-order chi connectivity index (χ0) is 19.1. The summed E-state index contributed by atoms with van der Waals surface area (Å²) in [5.74, 6) is 2.22. The first-order chi connectivity index (χ1) is 13.7. The molecule has 2 saturated carbocycles. The molecule has 0 radical (unpaired) electrons. The van der Waals surface area contributed by atoms with Crippen molar-refractivity contribution in [3.8, 4) is 0 Å². The van der Waals surface area contributed by atoms with Crippen LogP contribution in [0.3, 0.4) is 0 Å². The topological polar surface area (TPSA) is 35.6 Å². The Morgan fingerprint density at radius 3 is 2.43 bits per heavy atom. The van der Waals surface area contributed by atoms with E-state index in [2.05, 4.69) is 46.3 Å². The van der Waals surface area contributed by atoms with Gasteiger partial charge in [0.15, 0.2) is 0 Å². The van der Waals surface area contributed by atoms with Crippen molar-refractivity contribution in [2.45, 2.75) is 70.4 Å². The third-order valence-electron chi connectivity index (χ3n) is 8.16. The smallest absolute Gasteiger partial charge is 0.227 e. The molecule has 1 aromatic carbocycles. The van der Waals surface area contributed by atoms with Crippen molar-refractivity contribution in [2.75, 3.05) is 29.9 Å². The predicted octanol–water partition coefficient (Wildman–Crippen LogP) is 4.51. The van der Waals surface area contributed by atoms with E-state index in [4.69, 9.17) is 0 Å². The molecule has 4 nitrogen and oxygen atoms in total. The lowest BCUT2D eigenvalue weighted by atomic mass is 9.62. The number of anilines is 2. The summed E-state index contributed by atoms with van der Waals surface area (Å²) in [6.45, 7) is 5.93. The van der Waals surface area contributed by atoms with Crippen molar-refractivity contribution in [3.63, 3.8) is 0 Å². The van der Waals surface area contributed by atoms with E-state index in [0.29, 0.717) is 6.04 Å². The monoisotopic (exact) mass is 381 g/mol. The summed E-state index contributed by atoms with van der Waals surface area (Å²) < 4.78 is 0. The number of carbonyl (C=O) groups is 1. The van der Waals surface area contributed by atoms with Gasteiger partial charge < -0.3 is 10.2 Å². The minimum atomic E-state index is 0.225. The Labute approximate surface area is 169 Å². The molecule has 1 aromatic rings. The maximum atomic E-state index is 12.7. The molecule has 0 bridgehead atoms. The third kappa shape index (κ3) is 3.56. The summed E-state index contributed by atoms with van der Waals surface area (Å²) in [6, 6.07) is 10.0. The van der Waals surface area contributed by atoms with Crippen LogP contribution < -0.4 is 10.2 Å². The summed E-state index contributed by atoms with van der Waals surface area (Å²) in [6.07, 6.45) is 10.2. The van der Waals surface area contributed by atoms with Gasteiger partial charge in [-0.2, -0.15) is 0 Å². The Morgan fingerprint density at radius 1 is 0.964 bits per heavy atom. The number of rotatable bonds is 4. The average molecular weight is 382 g/mol. The maximum absolute atomic E-state index is 12.7. The number of nitrogens with one attached hydrogen (secondary N) is 1. The van der Waals surface area contributed by atoms with Crippen LogP contribution in [0, 0.1) is 17.8 Å². The minimum Gasteiger partial charge on any atom is -0.370 e. The molecule has 2 saturated heterocycles. The van der Waals surface area contributed by atoms with Gasteiger partial charge >= 0.3 is 0 Å². The second-order valence-electron chi connectivity index (χ2n) is 9.76. The zero-order valence-corrected chi connectivity index (χ0v) is 17.3. The van der Waals surface area contributed by atoms with E-state index in [0.717, 1.165) is 49.5 Å². The maximum Gasteiger partial charge on any atom is 0.227 e. The summed E-state index contributed by atoms with van der Waals surface area (Å²) in [7, 11) is 0. The summed E-state index contributed by atoms with van der Waals surface area (Å²) in [4.78, 5) is 17.9. The Morgan fingerprint density at radius 2 is 1.75 bits per heavy atom. The molecule has 4 aliphatic rings. The van der Waals surface area contributed by atoms with E-state index in [1.165, 1.54) is 50.8 Å². The van der Waals surface area contributed by atoms with E-state index < -0.39 is 0 Å². The molecule has 0 aromatic heterocycles. The molecule has 4 unspecified atom stereocenters. The van der Waals surface area contributed by atoms with Crippen LogP contribution in [0.4, 0.5) is 11.4 Å². The molecular weight excluding hydrogens is 346 g/mol. The third-order valence-corrected chi connectivity index (χ3v) is 8.16. The fourth-order valence-corrected chi connectivity index (χ4v) is 6.21. The minimum absolute atomic E-state index is 0.225. The molecule has 2 aliphatic heterocycles. The lowest BCUT2D eigenvalue weighted by molar-refractivity contribution is -0.122. The molecule has 4 fully saturated rings. The van der Waals surface area contributed by atoms with Crippen LogP contribution in [-0.4, -0.2) is 42.5 Å². The van der Waals surface area contributed by atoms with Crippen molar-refractivity contribution >= 4 is 17.3 Å². The molecular formula is C24H35N3O. The van der Waals surface area contributed by atoms with Crippen molar-refractivity contribution in [1.82, 2.24) is 4.90 Å². The SMILES string of the molecule is CC1CCCN1C1CCN(c2ccc(NC(=O)C3CCC4CC[C@H]4C3)cc2)C1. The van der Waals surface area contributed by atoms with Gasteiger partial charge in [0, 0.05) is 42.5 Å². The molecule has 1 N–H and O–H groups in total.